The predicted molar refractivity (Wildman–Crippen MR) is 110 cm³/mol. The molecule has 0 aromatic heterocycles. The number of anilines is 2. The number of fused-ring (bicyclic) bond motifs is 1. The van der Waals surface area contributed by atoms with Crippen LogP contribution in [0.3, 0.4) is 0 Å². The Morgan fingerprint density at radius 3 is 2.48 bits per heavy atom. The molecule has 8 nitrogen and oxygen atoms in total. The Morgan fingerprint density at radius 1 is 1.14 bits per heavy atom. The number of carbonyl (C=O) groups excluding carboxylic acids is 1. The van der Waals surface area contributed by atoms with Crippen LogP contribution < -0.4 is 23.8 Å². The molecule has 0 bridgehead atoms. The van der Waals surface area contributed by atoms with Crippen LogP contribution in [-0.4, -0.2) is 39.5 Å². The van der Waals surface area contributed by atoms with Gasteiger partial charge in [0.2, 0.25) is 22.7 Å². The quantitative estimate of drug-likeness (QED) is 0.706. The zero-order chi connectivity index (χ0) is 21.0. The van der Waals surface area contributed by atoms with Crippen molar-refractivity contribution in [2.24, 2.45) is 0 Å². The second kappa shape index (κ2) is 8.60. The average molecular weight is 420 g/mol. The van der Waals surface area contributed by atoms with Gasteiger partial charge in [0.1, 0.15) is 12.3 Å². The Labute approximate surface area is 170 Å². The number of amides is 1. The van der Waals surface area contributed by atoms with E-state index >= 15 is 0 Å². The monoisotopic (exact) mass is 420 g/mol. The van der Waals surface area contributed by atoms with Crippen molar-refractivity contribution in [3.63, 3.8) is 0 Å². The van der Waals surface area contributed by atoms with Crippen LogP contribution in [0.15, 0.2) is 42.5 Å². The summed E-state index contributed by atoms with van der Waals surface area (Å²) in [4.78, 5) is 12.6. The first-order chi connectivity index (χ1) is 13.8. The van der Waals surface area contributed by atoms with Crippen molar-refractivity contribution in [1.82, 2.24) is 0 Å². The Morgan fingerprint density at radius 2 is 1.83 bits per heavy atom. The second-order valence-electron chi connectivity index (χ2n) is 6.68. The van der Waals surface area contributed by atoms with E-state index < -0.39 is 15.9 Å². The third-order valence-electron chi connectivity index (χ3n) is 4.14. The Bertz CT molecular complexity index is 973. The lowest BCUT2D eigenvalue weighted by molar-refractivity contribution is -0.114. The molecule has 1 heterocycles. The maximum Gasteiger partial charge on any atom is 0.245 e. The van der Waals surface area contributed by atoms with Crippen LogP contribution in [0.4, 0.5) is 11.4 Å². The summed E-state index contributed by atoms with van der Waals surface area (Å²) >= 11 is 0. The zero-order valence-electron chi connectivity index (χ0n) is 16.5. The first-order valence-electron chi connectivity index (χ1n) is 9.25. The molecule has 1 N–H and O–H groups in total. The fourth-order valence-corrected chi connectivity index (χ4v) is 3.83. The van der Waals surface area contributed by atoms with Crippen molar-refractivity contribution in [2.45, 2.75) is 26.9 Å². The van der Waals surface area contributed by atoms with E-state index in [1.165, 1.54) is 6.92 Å². The molecule has 156 valence electrons. The lowest BCUT2D eigenvalue weighted by Crippen LogP contribution is -2.39. The molecule has 0 unspecified atom stereocenters. The van der Waals surface area contributed by atoms with Crippen LogP contribution in [-0.2, 0) is 14.8 Å². The lowest BCUT2D eigenvalue weighted by Gasteiger charge is -2.23. The molecule has 0 atom stereocenters. The molecule has 1 aliphatic rings. The van der Waals surface area contributed by atoms with Crippen LogP contribution >= 0.6 is 0 Å². The average Bonchev–Trinajstić information content (AvgIpc) is 3.15. The summed E-state index contributed by atoms with van der Waals surface area (Å²) in [5.41, 5.74) is 0.887. The van der Waals surface area contributed by atoms with Crippen molar-refractivity contribution >= 4 is 27.3 Å². The van der Waals surface area contributed by atoms with Crippen LogP contribution in [0.25, 0.3) is 0 Å². The second-order valence-corrected chi connectivity index (χ2v) is 8.87. The van der Waals surface area contributed by atoms with E-state index in [4.69, 9.17) is 14.2 Å². The zero-order valence-corrected chi connectivity index (χ0v) is 17.4. The number of benzene rings is 2. The first kappa shape index (κ1) is 20.8. The smallest absolute Gasteiger partial charge is 0.245 e. The van der Waals surface area contributed by atoms with Crippen LogP contribution in [0.1, 0.15) is 20.8 Å². The molecule has 1 amide bonds. The molecule has 2 aromatic rings. The van der Waals surface area contributed by atoms with Gasteiger partial charge in [0, 0.05) is 11.8 Å². The van der Waals surface area contributed by atoms with Gasteiger partial charge in [0.15, 0.2) is 11.5 Å². The highest BCUT2D eigenvalue weighted by Crippen LogP contribution is 2.36. The summed E-state index contributed by atoms with van der Waals surface area (Å²) in [5, 5.41) is 2.71. The number of nitrogens with one attached hydrogen (secondary N) is 1. The predicted octanol–water partition coefficient (Wildman–Crippen LogP) is 3.00. The van der Waals surface area contributed by atoms with Crippen molar-refractivity contribution in [1.29, 1.82) is 0 Å². The van der Waals surface area contributed by atoms with E-state index in [2.05, 4.69) is 5.32 Å². The molecule has 0 saturated heterocycles. The largest absolute Gasteiger partial charge is 0.491 e. The van der Waals surface area contributed by atoms with Gasteiger partial charge >= 0.3 is 0 Å². The molecule has 9 heteroatoms. The summed E-state index contributed by atoms with van der Waals surface area (Å²) in [7, 11) is -3.68. The van der Waals surface area contributed by atoms with Gasteiger partial charge in [-0.15, -0.1) is 0 Å². The van der Waals surface area contributed by atoms with Gasteiger partial charge in [-0.1, -0.05) is 0 Å². The number of carbonyl (C=O) groups is 1. The van der Waals surface area contributed by atoms with E-state index in [1.54, 1.807) is 42.5 Å². The van der Waals surface area contributed by atoms with E-state index in [0.717, 1.165) is 4.31 Å². The summed E-state index contributed by atoms with van der Waals surface area (Å²) in [6, 6.07) is 11.7. The van der Waals surface area contributed by atoms with E-state index in [1.807, 2.05) is 13.8 Å². The molecule has 0 fully saturated rings. The minimum Gasteiger partial charge on any atom is -0.491 e. The molecular formula is C20H24N2O6S. The molecule has 1 aliphatic heterocycles. The van der Waals surface area contributed by atoms with Gasteiger partial charge < -0.3 is 19.5 Å². The first-order valence-corrected chi connectivity index (χ1v) is 10.9. The summed E-state index contributed by atoms with van der Waals surface area (Å²) in [6.45, 7) is 5.10. The SMILES string of the molecule is CCS(=O)(=O)N(CC(=O)Nc1ccc(OC(C)C)cc1)c1ccc2c(c1)OCO2. The van der Waals surface area contributed by atoms with E-state index in [9.17, 15) is 13.2 Å². The maximum absolute atomic E-state index is 12.6. The van der Waals surface area contributed by atoms with Crippen molar-refractivity contribution < 1.29 is 27.4 Å². The minimum absolute atomic E-state index is 0.0463. The van der Waals surface area contributed by atoms with Crippen LogP contribution in [0.5, 0.6) is 17.2 Å². The van der Waals surface area contributed by atoms with Gasteiger partial charge in [-0.3, -0.25) is 9.10 Å². The van der Waals surface area contributed by atoms with Crippen molar-refractivity contribution in [3.05, 3.63) is 42.5 Å². The molecule has 0 saturated carbocycles. The molecule has 0 radical (unpaired) electrons. The van der Waals surface area contributed by atoms with Gasteiger partial charge in [-0.25, -0.2) is 8.42 Å². The summed E-state index contributed by atoms with van der Waals surface area (Å²) in [5.74, 6) is 1.07. The number of hydrogen-bond acceptors (Lipinski definition) is 6. The van der Waals surface area contributed by atoms with Gasteiger partial charge in [0.05, 0.1) is 17.5 Å². The van der Waals surface area contributed by atoms with Gasteiger partial charge in [-0.2, -0.15) is 0 Å². The highest BCUT2D eigenvalue weighted by molar-refractivity contribution is 7.92. The normalized spacial score (nSPS) is 12.7. The fourth-order valence-electron chi connectivity index (χ4n) is 2.77. The van der Waals surface area contributed by atoms with Gasteiger partial charge in [-0.05, 0) is 57.2 Å². The molecule has 0 spiro atoms. The topological polar surface area (TPSA) is 94.2 Å². The van der Waals surface area contributed by atoms with Crippen LogP contribution in [0, 0.1) is 0 Å². The van der Waals surface area contributed by atoms with Crippen molar-refractivity contribution in [3.8, 4) is 17.2 Å². The number of hydrogen-bond donors (Lipinski definition) is 1. The molecular weight excluding hydrogens is 396 g/mol. The number of nitrogens with zero attached hydrogens (tertiary/aromatic N) is 1. The highest BCUT2D eigenvalue weighted by Gasteiger charge is 2.25. The van der Waals surface area contributed by atoms with Crippen molar-refractivity contribution in [2.75, 3.05) is 28.7 Å². The number of rotatable bonds is 8. The summed E-state index contributed by atoms with van der Waals surface area (Å²) < 4.78 is 42.4. The summed E-state index contributed by atoms with van der Waals surface area (Å²) in [6.07, 6.45) is 0.0463. The maximum atomic E-state index is 12.6. The fraction of sp³-hybridized carbons (Fsp3) is 0.350. The van der Waals surface area contributed by atoms with Crippen LogP contribution in [0.2, 0.25) is 0 Å². The lowest BCUT2D eigenvalue weighted by atomic mass is 10.2. The number of ether oxygens (including phenoxy) is 3. The van der Waals surface area contributed by atoms with E-state index in [0.29, 0.717) is 28.6 Å². The molecule has 3 rings (SSSR count). The number of sulfonamides is 1. The van der Waals surface area contributed by atoms with E-state index in [-0.39, 0.29) is 25.2 Å². The molecule has 2 aromatic carbocycles. The molecule has 0 aliphatic carbocycles. The Balaban J connectivity index is 1.75. The highest BCUT2D eigenvalue weighted by atomic mass is 32.2. The van der Waals surface area contributed by atoms with Gasteiger partial charge in [0.25, 0.3) is 0 Å². The Kier molecular flexibility index (Phi) is 6.17. The Hall–Kier alpha value is -2.94. The third-order valence-corrected chi connectivity index (χ3v) is 5.88. The molecule has 29 heavy (non-hydrogen) atoms. The minimum atomic E-state index is -3.68. The third kappa shape index (κ3) is 5.11. The standard InChI is InChI=1S/C20H24N2O6S/c1-4-29(24,25)22(16-7-10-18-19(11-16)27-13-26-18)12-20(23)21-15-5-8-17(9-6-15)28-14(2)3/h5-11,14H,4,12-13H2,1-3H3,(H,21,23).